The fraction of sp³-hybridized carbons (Fsp3) is 0.417. The van der Waals surface area contributed by atoms with E-state index in [2.05, 4.69) is 0 Å². The van der Waals surface area contributed by atoms with Crippen LogP contribution in [-0.4, -0.2) is 42.1 Å². The van der Waals surface area contributed by atoms with Crippen molar-refractivity contribution < 1.29 is 14.6 Å². The molecule has 0 aliphatic heterocycles. The van der Waals surface area contributed by atoms with Crippen LogP contribution in [0.5, 0.6) is 5.75 Å². The number of ether oxygens (including phenoxy) is 1. The maximum absolute atomic E-state index is 11.3. The number of alkyl halides is 1. The topological polar surface area (TPSA) is 49.8 Å². The minimum atomic E-state index is -0.104. The Labute approximate surface area is 106 Å². The number of halogens is 1. The van der Waals surface area contributed by atoms with E-state index in [1.165, 1.54) is 0 Å². The molecule has 0 heterocycles. The first-order valence-corrected chi connectivity index (χ1v) is 5.83. The summed E-state index contributed by atoms with van der Waals surface area (Å²) in [5.41, 5.74) is 1.00. The van der Waals surface area contributed by atoms with Crippen LogP contribution >= 0.6 is 11.6 Å². The molecule has 0 fully saturated rings. The first-order valence-electron chi connectivity index (χ1n) is 5.30. The normalized spacial score (nSPS) is 10.1. The molecule has 0 saturated carbocycles. The van der Waals surface area contributed by atoms with Crippen LogP contribution in [-0.2, 0) is 11.3 Å². The van der Waals surface area contributed by atoms with Gasteiger partial charge < -0.3 is 14.7 Å². The largest absolute Gasteiger partial charge is 0.491 e. The van der Waals surface area contributed by atoms with Crippen molar-refractivity contribution >= 4 is 17.5 Å². The van der Waals surface area contributed by atoms with Gasteiger partial charge in [0.25, 0.3) is 0 Å². The summed E-state index contributed by atoms with van der Waals surface area (Å²) in [5, 5.41) is 8.61. The Bertz CT molecular complexity index is 353. The van der Waals surface area contributed by atoms with E-state index in [1.54, 1.807) is 11.9 Å². The lowest BCUT2D eigenvalue weighted by molar-refractivity contribution is -0.127. The van der Waals surface area contributed by atoms with Gasteiger partial charge in [-0.25, -0.2) is 0 Å². The van der Waals surface area contributed by atoms with Crippen molar-refractivity contribution in [2.75, 3.05) is 26.1 Å². The predicted molar refractivity (Wildman–Crippen MR) is 66.2 cm³/mol. The Balaban J connectivity index is 2.53. The van der Waals surface area contributed by atoms with Gasteiger partial charge in [-0.3, -0.25) is 4.79 Å². The highest BCUT2D eigenvalue weighted by Gasteiger charge is 2.07. The van der Waals surface area contributed by atoms with E-state index in [4.69, 9.17) is 21.4 Å². The van der Waals surface area contributed by atoms with Gasteiger partial charge in [-0.2, -0.15) is 0 Å². The minimum absolute atomic E-state index is 0.00524. The molecule has 1 rings (SSSR count). The number of carbonyl (C=O) groups is 1. The number of aliphatic hydroxyl groups excluding tert-OH is 1. The SMILES string of the molecule is CN(Cc1ccc(OCCO)cc1)C(=O)CCl. The third-order valence-electron chi connectivity index (χ3n) is 2.24. The number of hydrogen-bond donors (Lipinski definition) is 1. The fourth-order valence-electron chi connectivity index (χ4n) is 1.32. The van der Waals surface area contributed by atoms with Gasteiger partial charge >= 0.3 is 0 Å². The molecule has 1 aromatic carbocycles. The van der Waals surface area contributed by atoms with E-state index in [1.807, 2.05) is 24.3 Å². The second-order valence-electron chi connectivity index (χ2n) is 3.60. The molecule has 0 bridgehead atoms. The number of aliphatic hydroxyl groups is 1. The lowest BCUT2D eigenvalue weighted by atomic mass is 10.2. The van der Waals surface area contributed by atoms with E-state index in [0.717, 1.165) is 5.56 Å². The standard InChI is InChI=1S/C12H16ClNO3/c1-14(12(16)8-13)9-10-2-4-11(5-3-10)17-7-6-15/h2-5,15H,6-9H2,1H3. The molecule has 0 atom stereocenters. The maximum Gasteiger partial charge on any atom is 0.237 e. The summed E-state index contributed by atoms with van der Waals surface area (Å²) in [6, 6.07) is 7.38. The Morgan fingerprint density at radius 2 is 2.06 bits per heavy atom. The van der Waals surface area contributed by atoms with Gasteiger partial charge in [-0.15, -0.1) is 11.6 Å². The second kappa shape index (κ2) is 7.14. The van der Waals surface area contributed by atoms with Crippen molar-refractivity contribution in [1.29, 1.82) is 0 Å². The van der Waals surface area contributed by atoms with Crippen molar-refractivity contribution in [3.05, 3.63) is 29.8 Å². The number of amides is 1. The molecule has 1 amide bonds. The molecule has 0 aliphatic carbocycles. The summed E-state index contributed by atoms with van der Waals surface area (Å²) in [7, 11) is 1.71. The molecule has 0 spiro atoms. The van der Waals surface area contributed by atoms with Gasteiger partial charge in [0.2, 0.25) is 5.91 Å². The third kappa shape index (κ3) is 4.63. The van der Waals surface area contributed by atoms with Crippen LogP contribution in [0.25, 0.3) is 0 Å². The van der Waals surface area contributed by atoms with Crippen molar-refractivity contribution in [3.8, 4) is 5.75 Å². The lowest BCUT2D eigenvalue weighted by Crippen LogP contribution is -2.26. The van der Waals surface area contributed by atoms with Crippen molar-refractivity contribution in [2.45, 2.75) is 6.54 Å². The molecule has 0 aromatic heterocycles. The summed E-state index contributed by atoms with van der Waals surface area (Å²) in [6.07, 6.45) is 0. The van der Waals surface area contributed by atoms with E-state index < -0.39 is 0 Å². The summed E-state index contributed by atoms with van der Waals surface area (Å²) >= 11 is 5.46. The lowest BCUT2D eigenvalue weighted by Gasteiger charge is -2.16. The second-order valence-corrected chi connectivity index (χ2v) is 3.87. The van der Waals surface area contributed by atoms with Crippen molar-refractivity contribution in [1.82, 2.24) is 4.90 Å². The van der Waals surface area contributed by atoms with Crippen LogP contribution in [0, 0.1) is 0 Å². The smallest absolute Gasteiger partial charge is 0.237 e. The molecule has 0 saturated heterocycles. The number of hydrogen-bond acceptors (Lipinski definition) is 3. The summed E-state index contributed by atoms with van der Waals surface area (Å²) in [5.74, 6) is 0.593. The Hall–Kier alpha value is -1.26. The van der Waals surface area contributed by atoms with E-state index in [9.17, 15) is 4.79 Å². The highest BCUT2D eigenvalue weighted by Crippen LogP contribution is 2.13. The van der Waals surface area contributed by atoms with Gasteiger partial charge in [0, 0.05) is 13.6 Å². The minimum Gasteiger partial charge on any atom is -0.491 e. The van der Waals surface area contributed by atoms with Crippen LogP contribution < -0.4 is 4.74 Å². The van der Waals surface area contributed by atoms with Crippen molar-refractivity contribution in [3.63, 3.8) is 0 Å². The van der Waals surface area contributed by atoms with E-state index in [0.29, 0.717) is 12.3 Å². The average Bonchev–Trinajstić information content (AvgIpc) is 2.37. The molecule has 4 nitrogen and oxygen atoms in total. The highest BCUT2D eigenvalue weighted by molar-refractivity contribution is 6.27. The van der Waals surface area contributed by atoms with Gasteiger partial charge in [-0.1, -0.05) is 12.1 Å². The molecule has 17 heavy (non-hydrogen) atoms. The number of carbonyl (C=O) groups excluding carboxylic acids is 1. The predicted octanol–water partition coefficient (Wildman–Crippen LogP) is 1.25. The molecule has 0 aliphatic rings. The molecule has 0 unspecified atom stereocenters. The quantitative estimate of drug-likeness (QED) is 0.781. The molecule has 1 N–H and O–H groups in total. The third-order valence-corrected chi connectivity index (χ3v) is 2.47. The van der Waals surface area contributed by atoms with Gasteiger partial charge in [0.15, 0.2) is 0 Å². The van der Waals surface area contributed by atoms with Crippen LogP contribution in [0.15, 0.2) is 24.3 Å². The molecule has 94 valence electrons. The first-order chi connectivity index (χ1) is 8.17. The zero-order valence-electron chi connectivity index (χ0n) is 9.73. The number of benzene rings is 1. The maximum atomic E-state index is 11.3. The summed E-state index contributed by atoms with van der Waals surface area (Å²) in [4.78, 5) is 12.8. The van der Waals surface area contributed by atoms with Crippen LogP contribution in [0.2, 0.25) is 0 Å². The molecule has 0 radical (unpaired) electrons. The van der Waals surface area contributed by atoms with Crippen LogP contribution in [0.4, 0.5) is 0 Å². The van der Waals surface area contributed by atoms with E-state index >= 15 is 0 Å². The molecular weight excluding hydrogens is 242 g/mol. The monoisotopic (exact) mass is 257 g/mol. The van der Waals surface area contributed by atoms with Gasteiger partial charge in [0.1, 0.15) is 18.2 Å². The number of nitrogens with zero attached hydrogens (tertiary/aromatic N) is 1. The molecule has 5 heteroatoms. The van der Waals surface area contributed by atoms with Gasteiger partial charge in [0.05, 0.1) is 6.61 Å². The first kappa shape index (κ1) is 13.8. The van der Waals surface area contributed by atoms with E-state index in [-0.39, 0.29) is 25.0 Å². The number of rotatable bonds is 6. The summed E-state index contributed by atoms with van der Waals surface area (Å²) in [6.45, 7) is 0.796. The average molecular weight is 258 g/mol. The summed E-state index contributed by atoms with van der Waals surface area (Å²) < 4.78 is 5.23. The fourth-order valence-corrected chi connectivity index (χ4v) is 1.52. The highest BCUT2D eigenvalue weighted by atomic mass is 35.5. The Morgan fingerprint density at radius 1 is 1.41 bits per heavy atom. The Kier molecular flexibility index (Phi) is 5.80. The molecule has 1 aromatic rings. The Morgan fingerprint density at radius 3 is 2.59 bits per heavy atom. The van der Waals surface area contributed by atoms with Crippen molar-refractivity contribution in [2.24, 2.45) is 0 Å². The van der Waals surface area contributed by atoms with Crippen LogP contribution in [0.3, 0.4) is 0 Å². The zero-order valence-corrected chi connectivity index (χ0v) is 10.5. The zero-order chi connectivity index (χ0) is 12.7. The van der Waals surface area contributed by atoms with Gasteiger partial charge in [-0.05, 0) is 17.7 Å². The van der Waals surface area contributed by atoms with Crippen LogP contribution in [0.1, 0.15) is 5.56 Å². The molecular formula is C12H16ClNO3.